The van der Waals surface area contributed by atoms with E-state index in [1.165, 1.54) is 243 Å². The quantitative estimate of drug-likeness (QED) is 0.0475. The van der Waals surface area contributed by atoms with Gasteiger partial charge in [-0.05, 0) is 6.42 Å². The Balaban J connectivity index is 3.01. The second kappa shape index (κ2) is 39.5. The van der Waals surface area contributed by atoms with Crippen molar-refractivity contribution in [2.24, 2.45) is 0 Å². The summed E-state index contributed by atoms with van der Waals surface area (Å²) in [5.74, 6) is 0. The zero-order valence-corrected chi connectivity index (χ0v) is 29.8. The Morgan fingerprint density at radius 1 is 0.200 bits per heavy atom. The van der Waals surface area contributed by atoms with Crippen molar-refractivity contribution >= 4 is 15.9 Å². The first kappa shape index (κ1) is 40.5. The molecule has 0 atom stereocenters. The number of alkyl halides is 1. The highest BCUT2D eigenvalue weighted by Crippen LogP contribution is 2.17. The molecule has 0 aliphatic heterocycles. The first-order valence-electron chi connectivity index (χ1n) is 19.5. The molecule has 242 valence electrons. The topological polar surface area (TPSA) is 0 Å². The van der Waals surface area contributed by atoms with Crippen LogP contribution in [0.15, 0.2) is 0 Å². The molecule has 0 bridgehead atoms. The molecule has 0 saturated carbocycles. The molecule has 0 saturated heterocycles. The van der Waals surface area contributed by atoms with Crippen LogP contribution < -0.4 is 0 Å². The molecule has 1 heteroatoms. The predicted octanol–water partition coefficient (Wildman–Crippen LogP) is 15.8. The zero-order valence-electron chi connectivity index (χ0n) is 28.2. The molecule has 0 N–H and O–H groups in total. The van der Waals surface area contributed by atoms with E-state index in [0.29, 0.717) is 0 Å². The Hall–Kier alpha value is 0.480. The van der Waals surface area contributed by atoms with Gasteiger partial charge in [-0.15, -0.1) is 0 Å². The Morgan fingerprint density at radius 2 is 0.325 bits per heavy atom. The fourth-order valence-electron chi connectivity index (χ4n) is 6.35. The molecule has 0 aliphatic rings. The van der Waals surface area contributed by atoms with Crippen molar-refractivity contribution in [3.63, 3.8) is 0 Å². The normalized spacial score (nSPS) is 11.6. The molecule has 0 aromatic carbocycles. The lowest BCUT2D eigenvalue weighted by Crippen LogP contribution is -1.85. The van der Waals surface area contributed by atoms with Crippen LogP contribution in [0.5, 0.6) is 0 Å². The summed E-state index contributed by atoms with van der Waals surface area (Å²) in [7, 11) is 0. The Labute approximate surface area is 264 Å². The molecule has 0 fully saturated rings. The van der Waals surface area contributed by atoms with Crippen molar-refractivity contribution in [1.29, 1.82) is 0 Å². The summed E-state index contributed by atoms with van der Waals surface area (Å²) in [5.41, 5.74) is 0. The molecule has 0 nitrogen and oxygen atoms in total. The number of rotatable bonds is 37. The van der Waals surface area contributed by atoms with E-state index < -0.39 is 0 Å². The Morgan fingerprint density at radius 3 is 0.450 bits per heavy atom. The molecule has 0 radical (unpaired) electrons. The second-order valence-electron chi connectivity index (χ2n) is 13.4. The zero-order chi connectivity index (χ0) is 28.9. The molecule has 0 spiro atoms. The van der Waals surface area contributed by atoms with Gasteiger partial charge in [-0.1, -0.05) is 254 Å². The van der Waals surface area contributed by atoms with E-state index in [1.54, 1.807) is 0 Å². The minimum Gasteiger partial charge on any atom is -0.0928 e. The molecule has 0 unspecified atom stereocenters. The van der Waals surface area contributed by atoms with Crippen molar-refractivity contribution in [3.05, 3.63) is 0 Å². The minimum atomic E-state index is 1.19. The van der Waals surface area contributed by atoms with Gasteiger partial charge in [0.05, 0.1) is 0 Å². The number of halogens is 1. The monoisotopic (exact) mass is 627 g/mol. The predicted molar refractivity (Wildman–Crippen MR) is 190 cm³/mol. The molecule has 0 aromatic heterocycles. The Bertz CT molecular complexity index is 368. The molecule has 0 aromatic rings. The summed E-state index contributed by atoms with van der Waals surface area (Å²) in [6, 6.07) is 0. The van der Waals surface area contributed by atoms with Crippen LogP contribution in [-0.2, 0) is 0 Å². The van der Waals surface area contributed by atoms with E-state index >= 15 is 0 Å². The van der Waals surface area contributed by atoms with Crippen molar-refractivity contribution in [3.8, 4) is 0 Å². The summed E-state index contributed by atoms with van der Waals surface area (Å²) in [4.78, 5) is 0. The average Bonchev–Trinajstić information content (AvgIpc) is 2.97. The van der Waals surface area contributed by atoms with Crippen LogP contribution in [0.1, 0.15) is 244 Å². The van der Waals surface area contributed by atoms with E-state index in [-0.39, 0.29) is 0 Å². The van der Waals surface area contributed by atoms with Crippen LogP contribution in [0.4, 0.5) is 0 Å². The third-order valence-electron chi connectivity index (χ3n) is 9.24. The van der Waals surface area contributed by atoms with E-state index in [4.69, 9.17) is 0 Å². The van der Waals surface area contributed by atoms with Gasteiger partial charge >= 0.3 is 0 Å². The first-order valence-corrected chi connectivity index (χ1v) is 20.6. The van der Waals surface area contributed by atoms with Gasteiger partial charge in [-0.25, -0.2) is 0 Å². The van der Waals surface area contributed by atoms with Gasteiger partial charge in [0, 0.05) is 5.33 Å². The van der Waals surface area contributed by atoms with Gasteiger partial charge in [0.2, 0.25) is 0 Å². The fraction of sp³-hybridized carbons (Fsp3) is 1.00. The number of hydrogen-bond acceptors (Lipinski definition) is 0. The van der Waals surface area contributed by atoms with Crippen LogP contribution in [-0.4, -0.2) is 5.33 Å². The summed E-state index contributed by atoms with van der Waals surface area (Å²) < 4.78 is 0. The van der Waals surface area contributed by atoms with Crippen LogP contribution in [0.25, 0.3) is 0 Å². The maximum absolute atomic E-state index is 3.52. The lowest BCUT2D eigenvalue weighted by molar-refractivity contribution is 0.510. The Kier molecular flexibility index (Phi) is 40.0. The van der Waals surface area contributed by atoms with Crippen molar-refractivity contribution in [2.45, 2.75) is 244 Å². The third kappa shape index (κ3) is 38.5. The standard InChI is InChI=1S/C39H79Br/c1-2-3-4-5-6-7-8-9-10-11-12-13-14-15-16-17-18-19-20-21-22-23-24-25-26-27-28-29-30-31-32-33-34-35-36-37-38-39-40/h2-39H2,1H3. The molecule has 0 amide bonds. The van der Waals surface area contributed by atoms with Crippen LogP contribution >= 0.6 is 15.9 Å². The lowest BCUT2D eigenvalue weighted by atomic mass is 10.0. The van der Waals surface area contributed by atoms with E-state index in [0.717, 1.165) is 0 Å². The van der Waals surface area contributed by atoms with Gasteiger partial charge in [-0.2, -0.15) is 0 Å². The number of hydrogen-bond donors (Lipinski definition) is 0. The highest BCUT2D eigenvalue weighted by atomic mass is 79.9. The van der Waals surface area contributed by atoms with Crippen molar-refractivity contribution in [2.75, 3.05) is 5.33 Å². The maximum atomic E-state index is 3.52. The molecule has 0 aliphatic carbocycles. The lowest BCUT2D eigenvalue weighted by Gasteiger charge is -2.05. The molecule has 40 heavy (non-hydrogen) atoms. The van der Waals surface area contributed by atoms with Crippen molar-refractivity contribution in [1.82, 2.24) is 0 Å². The molecule has 0 rings (SSSR count). The summed E-state index contributed by atoms with van der Waals surface area (Å²) in [5, 5.41) is 1.19. The van der Waals surface area contributed by atoms with E-state index in [1.807, 2.05) is 0 Å². The first-order chi connectivity index (χ1) is 19.9. The summed E-state index contributed by atoms with van der Waals surface area (Å²) >= 11 is 3.52. The van der Waals surface area contributed by atoms with E-state index in [2.05, 4.69) is 22.9 Å². The average molecular weight is 628 g/mol. The van der Waals surface area contributed by atoms with Gasteiger partial charge in [0.15, 0.2) is 0 Å². The van der Waals surface area contributed by atoms with Crippen LogP contribution in [0.2, 0.25) is 0 Å². The third-order valence-corrected chi connectivity index (χ3v) is 9.80. The maximum Gasteiger partial charge on any atom is 0.00313 e. The van der Waals surface area contributed by atoms with Gasteiger partial charge in [-0.3, -0.25) is 0 Å². The van der Waals surface area contributed by atoms with Gasteiger partial charge in [0.1, 0.15) is 0 Å². The van der Waals surface area contributed by atoms with Crippen LogP contribution in [0, 0.1) is 0 Å². The van der Waals surface area contributed by atoms with E-state index in [9.17, 15) is 0 Å². The highest BCUT2D eigenvalue weighted by Gasteiger charge is 1.97. The van der Waals surface area contributed by atoms with Gasteiger partial charge in [0.25, 0.3) is 0 Å². The smallest absolute Gasteiger partial charge is 0.00313 e. The molecular formula is C39H79Br. The minimum absolute atomic E-state index is 1.19. The number of unbranched alkanes of at least 4 members (excludes halogenated alkanes) is 36. The van der Waals surface area contributed by atoms with Gasteiger partial charge < -0.3 is 0 Å². The molecular weight excluding hydrogens is 548 g/mol. The summed E-state index contributed by atoms with van der Waals surface area (Å²) in [6.45, 7) is 2.31. The largest absolute Gasteiger partial charge is 0.0928 e. The molecule has 0 heterocycles. The highest BCUT2D eigenvalue weighted by molar-refractivity contribution is 9.09. The second-order valence-corrected chi connectivity index (χ2v) is 14.2. The fourth-order valence-corrected chi connectivity index (χ4v) is 6.75. The SMILES string of the molecule is CCCCCCCCCCCCCCCCCCCCCCCCCCCCCCCCCCCCCCCBr. The summed E-state index contributed by atoms with van der Waals surface area (Å²) in [6.07, 6.45) is 54.7. The van der Waals surface area contributed by atoms with Crippen molar-refractivity contribution < 1.29 is 0 Å². The van der Waals surface area contributed by atoms with Crippen LogP contribution in [0.3, 0.4) is 0 Å².